The van der Waals surface area contributed by atoms with Crippen molar-refractivity contribution in [2.24, 2.45) is 4.99 Å². The normalized spacial score (nSPS) is 11.4. The van der Waals surface area contributed by atoms with E-state index >= 15 is 0 Å². The number of pyridine rings is 1. The van der Waals surface area contributed by atoms with Crippen LogP contribution < -0.4 is 16.0 Å². The lowest BCUT2D eigenvalue weighted by Gasteiger charge is -2.10. The number of hydrogen-bond acceptors (Lipinski definition) is 5. The van der Waals surface area contributed by atoms with Crippen molar-refractivity contribution in [3.05, 3.63) is 40.6 Å². The third kappa shape index (κ3) is 6.50. The molecule has 2 aromatic rings. The Morgan fingerprint density at radius 3 is 2.84 bits per heavy atom. The summed E-state index contributed by atoms with van der Waals surface area (Å²) < 4.78 is 0. The average Bonchev–Trinajstić information content (AvgIpc) is 3.07. The molecule has 2 heterocycles. The molecule has 0 aliphatic heterocycles. The van der Waals surface area contributed by atoms with Gasteiger partial charge in [0.05, 0.1) is 24.1 Å². The van der Waals surface area contributed by atoms with Crippen LogP contribution in [-0.2, 0) is 11.3 Å². The summed E-state index contributed by atoms with van der Waals surface area (Å²) in [4.78, 5) is 24.8. The van der Waals surface area contributed by atoms with Crippen molar-refractivity contribution in [3.8, 4) is 0 Å². The molecule has 7 nitrogen and oxygen atoms in total. The van der Waals surface area contributed by atoms with Gasteiger partial charge in [0.1, 0.15) is 11.6 Å². The van der Waals surface area contributed by atoms with Gasteiger partial charge in [0, 0.05) is 18.1 Å². The van der Waals surface area contributed by atoms with Crippen LogP contribution in [0.15, 0.2) is 34.9 Å². The molecule has 134 valence electrons. The van der Waals surface area contributed by atoms with E-state index in [0.29, 0.717) is 30.7 Å². The van der Waals surface area contributed by atoms with E-state index in [-0.39, 0.29) is 12.5 Å². The fourth-order valence-corrected chi connectivity index (χ4v) is 2.86. The van der Waals surface area contributed by atoms with Crippen LogP contribution in [0, 0.1) is 0 Å². The SMILES string of the molecule is CCNC(=NCC(=O)Nc1cccnc1)NCc1nc(C(C)C)cs1. The zero-order chi connectivity index (χ0) is 18.1. The Balaban J connectivity index is 1.87. The predicted molar refractivity (Wildman–Crippen MR) is 102 cm³/mol. The molecule has 0 spiro atoms. The average molecular weight is 360 g/mol. The number of hydrogen-bond donors (Lipinski definition) is 3. The molecule has 0 aliphatic carbocycles. The van der Waals surface area contributed by atoms with Crippen LogP contribution in [0.4, 0.5) is 5.69 Å². The number of thiazole rings is 1. The van der Waals surface area contributed by atoms with E-state index in [0.717, 1.165) is 10.7 Å². The van der Waals surface area contributed by atoms with Gasteiger partial charge in [-0.15, -0.1) is 11.3 Å². The van der Waals surface area contributed by atoms with Crippen molar-refractivity contribution >= 4 is 28.9 Å². The zero-order valence-electron chi connectivity index (χ0n) is 14.7. The maximum atomic E-state index is 12.0. The summed E-state index contributed by atoms with van der Waals surface area (Å²) >= 11 is 1.62. The maximum Gasteiger partial charge on any atom is 0.246 e. The number of carbonyl (C=O) groups is 1. The van der Waals surface area contributed by atoms with Crippen LogP contribution in [0.25, 0.3) is 0 Å². The topological polar surface area (TPSA) is 91.3 Å². The number of aliphatic imine (C=N–C) groups is 1. The van der Waals surface area contributed by atoms with Gasteiger partial charge in [-0.2, -0.15) is 0 Å². The number of amides is 1. The van der Waals surface area contributed by atoms with Gasteiger partial charge in [0.2, 0.25) is 5.91 Å². The minimum atomic E-state index is -0.193. The number of anilines is 1. The first-order chi connectivity index (χ1) is 12.1. The smallest absolute Gasteiger partial charge is 0.246 e. The fourth-order valence-electron chi connectivity index (χ4n) is 1.96. The first-order valence-corrected chi connectivity index (χ1v) is 9.12. The number of aromatic nitrogens is 2. The molecule has 0 radical (unpaired) electrons. The van der Waals surface area contributed by atoms with Crippen LogP contribution in [0.5, 0.6) is 0 Å². The lowest BCUT2D eigenvalue weighted by Crippen LogP contribution is -2.37. The van der Waals surface area contributed by atoms with Crippen molar-refractivity contribution < 1.29 is 4.79 Å². The minimum Gasteiger partial charge on any atom is -0.357 e. The highest BCUT2D eigenvalue weighted by Crippen LogP contribution is 2.17. The van der Waals surface area contributed by atoms with E-state index in [1.165, 1.54) is 0 Å². The van der Waals surface area contributed by atoms with Gasteiger partial charge in [0.15, 0.2) is 5.96 Å². The first kappa shape index (κ1) is 18.9. The van der Waals surface area contributed by atoms with Crippen molar-refractivity contribution in [1.82, 2.24) is 20.6 Å². The van der Waals surface area contributed by atoms with Crippen LogP contribution >= 0.6 is 11.3 Å². The van der Waals surface area contributed by atoms with Crippen molar-refractivity contribution in [2.45, 2.75) is 33.2 Å². The molecule has 25 heavy (non-hydrogen) atoms. The van der Waals surface area contributed by atoms with Crippen molar-refractivity contribution in [3.63, 3.8) is 0 Å². The number of guanidine groups is 1. The Labute approximate surface area is 152 Å². The second-order valence-corrected chi connectivity index (χ2v) is 6.60. The summed E-state index contributed by atoms with van der Waals surface area (Å²) in [6, 6.07) is 3.55. The van der Waals surface area contributed by atoms with Gasteiger partial charge in [-0.25, -0.2) is 9.98 Å². The van der Waals surface area contributed by atoms with Crippen LogP contribution in [0.3, 0.4) is 0 Å². The first-order valence-electron chi connectivity index (χ1n) is 8.24. The maximum absolute atomic E-state index is 12.0. The highest BCUT2D eigenvalue weighted by Gasteiger charge is 2.07. The predicted octanol–water partition coefficient (Wildman–Crippen LogP) is 2.36. The lowest BCUT2D eigenvalue weighted by molar-refractivity contribution is -0.114. The molecule has 0 saturated heterocycles. The second kappa shape index (κ2) is 9.73. The van der Waals surface area contributed by atoms with Gasteiger partial charge >= 0.3 is 0 Å². The highest BCUT2D eigenvalue weighted by atomic mass is 32.1. The molecule has 3 N–H and O–H groups in total. The van der Waals surface area contributed by atoms with E-state index in [1.54, 1.807) is 35.9 Å². The third-order valence-corrected chi connectivity index (χ3v) is 4.11. The second-order valence-electron chi connectivity index (χ2n) is 5.66. The Kier molecular flexibility index (Phi) is 7.34. The molecule has 0 bridgehead atoms. The molecular formula is C17H24N6OS. The Hall–Kier alpha value is -2.48. The number of rotatable bonds is 7. The Bertz CT molecular complexity index is 698. The molecule has 0 unspecified atom stereocenters. The molecular weight excluding hydrogens is 336 g/mol. The Morgan fingerprint density at radius 2 is 2.20 bits per heavy atom. The third-order valence-electron chi connectivity index (χ3n) is 3.24. The summed E-state index contributed by atoms with van der Waals surface area (Å²) in [5.74, 6) is 0.815. The number of nitrogens with one attached hydrogen (secondary N) is 3. The highest BCUT2D eigenvalue weighted by molar-refractivity contribution is 7.09. The van der Waals surface area contributed by atoms with Crippen molar-refractivity contribution in [2.75, 3.05) is 18.4 Å². The van der Waals surface area contributed by atoms with Crippen molar-refractivity contribution in [1.29, 1.82) is 0 Å². The summed E-state index contributed by atoms with van der Waals surface area (Å²) in [6.45, 7) is 7.54. The largest absolute Gasteiger partial charge is 0.357 e. The molecule has 2 rings (SSSR count). The van der Waals surface area contributed by atoms with Crippen LogP contribution in [0.1, 0.15) is 37.4 Å². The fraction of sp³-hybridized carbons (Fsp3) is 0.412. The monoisotopic (exact) mass is 360 g/mol. The summed E-state index contributed by atoms with van der Waals surface area (Å²) in [5.41, 5.74) is 1.75. The summed E-state index contributed by atoms with van der Waals surface area (Å²) in [7, 11) is 0. The number of nitrogens with zero attached hydrogens (tertiary/aromatic N) is 3. The van der Waals surface area contributed by atoms with E-state index in [9.17, 15) is 4.79 Å². The van der Waals surface area contributed by atoms with Gasteiger partial charge in [0.25, 0.3) is 0 Å². The molecule has 0 aromatic carbocycles. The van der Waals surface area contributed by atoms with Gasteiger partial charge in [-0.1, -0.05) is 13.8 Å². The minimum absolute atomic E-state index is 0.0271. The standard InChI is InChI=1S/C17H24N6OS/c1-4-19-17(21-10-16-23-14(11-25-16)12(2)3)20-9-15(24)22-13-6-5-7-18-8-13/h5-8,11-12H,4,9-10H2,1-3H3,(H,22,24)(H2,19,20,21). The Morgan fingerprint density at radius 1 is 1.36 bits per heavy atom. The van der Waals surface area contributed by atoms with Crippen LogP contribution in [0.2, 0.25) is 0 Å². The molecule has 2 aromatic heterocycles. The van der Waals surface area contributed by atoms with E-state index in [1.807, 2.05) is 6.92 Å². The number of carbonyl (C=O) groups excluding carboxylic acids is 1. The summed E-state index contributed by atoms with van der Waals surface area (Å²) in [5, 5.41) is 12.2. The van der Waals surface area contributed by atoms with Gasteiger partial charge in [-0.05, 0) is 25.0 Å². The molecule has 1 amide bonds. The van der Waals surface area contributed by atoms with E-state index in [2.05, 4.69) is 50.1 Å². The lowest BCUT2D eigenvalue weighted by atomic mass is 10.2. The molecule has 0 fully saturated rings. The van der Waals surface area contributed by atoms with Gasteiger partial charge < -0.3 is 16.0 Å². The molecule has 8 heteroatoms. The van der Waals surface area contributed by atoms with E-state index in [4.69, 9.17) is 0 Å². The van der Waals surface area contributed by atoms with Crippen LogP contribution in [-0.4, -0.2) is 34.9 Å². The van der Waals surface area contributed by atoms with E-state index < -0.39 is 0 Å². The zero-order valence-corrected chi connectivity index (χ0v) is 15.6. The summed E-state index contributed by atoms with van der Waals surface area (Å²) in [6.07, 6.45) is 3.25. The molecule has 0 saturated carbocycles. The molecule has 0 atom stereocenters. The van der Waals surface area contributed by atoms with Gasteiger partial charge in [-0.3, -0.25) is 9.78 Å². The molecule has 0 aliphatic rings. The quantitative estimate of drug-likeness (QED) is 0.521.